The van der Waals surface area contributed by atoms with Crippen molar-refractivity contribution in [1.29, 1.82) is 0 Å². The zero-order chi connectivity index (χ0) is 8.91. The van der Waals surface area contributed by atoms with Crippen LogP contribution in [-0.2, 0) is 0 Å². The van der Waals surface area contributed by atoms with E-state index in [0.29, 0.717) is 5.41 Å². The summed E-state index contributed by atoms with van der Waals surface area (Å²) in [5.74, 6) is 0. The van der Waals surface area contributed by atoms with Gasteiger partial charge in [-0.2, -0.15) is 0 Å². The summed E-state index contributed by atoms with van der Waals surface area (Å²) in [5.41, 5.74) is 0.308. The van der Waals surface area contributed by atoms with Gasteiger partial charge in [0, 0.05) is 12.6 Å². The quantitative estimate of drug-likeness (QED) is 0.649. The lowest BCUT2D eigenvalue weighted by atomic mass is 9.96. The van der Waals surface area contributed by atoms with Crippen LogP contribution in [-0.4, -0.2) is 24.3 Å². The first-order valence-corrected chi connectivity index (χ1v) is 4.34. The highest BCUT2D eigenvalue weighted by molar-refractivity contribution is 4.70. The molecule has 0 rings (SSSR count). The average Bonchev–Trinajstić information content (AvgIpc) is 1.88. The van der Waals surface area contributed by atoms with E-state index in [4.69, 9.17) is 5.11 Å². The predicted octanol–water partition coefficient (Wildman–Crippen LogP) is 1.39. The van der Waals surface area contributed by atoms with Gasteiger partial charge < -0.3 is 10.4 Å². The third-order valence-corrected chi connectivity index (χ3v) is 1.63. The monoisotopic (exact) mass is 159 g/mol. The second kappa shape index (κ2) is 4.73. The van der Waals surface area contributed by atoms with Crippen molar-refractivity contribution in [3.8, 4) is 0 Å². The highest BCUT2D eigenvalue weighted by atomic mass is 16.3. The molecule has 0 saturated heterocycles. The third kappa shape index (κ3) is 6.32. The van der Waals surface area contributed by atoms with E-state index in [2.05, 4.69) is 33.0 Å². The van der Waals surface area contributed by atoms with Gasteiger partial charge in [-0.05, 0) is 11.8 Å². The van der Waals surface area contributed by atoms with Gasteiger partial charge in [-0.1, -0.05) is 27.7 Å². The van der Waals surface area contributed by atoms with Gasteiger partial charge in [0.2, 0.25) is 0 Å². The zero-order valence-electron chi connectivity index (χ0n) is 8.15. The Morgan fingerprint density at radius 1 is 1.36 bits per heavy atom. The van der Waals surface area contributed by atoms with Crippen LogP contribution in [0.3, 0.4) is 0 Å². The molecule has 0 aromatic carbocycles. The molecular formula is C9H21NO. The number of rotatable bonds is 4. The fraction of sp³-hybridized carbons (Fsp3) is 1.00. The molecule has 2 N–H and O–H groups in total. The Morgan fingerprint density at radius 2 is 1.91 bits per heavy atom. The Hall–Kier alpha value is -0.0800. The molecule has 2 heteroatoms. The van der Waals surface area contributed by atoms with Crippen molar-refractivity contribution in [3.05, 3.63) is 0 Å². The second-order valence-corrected chi connectivity index (χ2v) is 4.23. The maximum Gasteiger partial charge on any atom is 0.0584 e. The number of aliphatic hydroxyl groups excluding tert-OH is 1. The first-order chi connectivity index (χ1) is 4.99. The second-order valence-electron chi connectivity index (χ2n) is 4.23. The number of hydrogen-bond acceptors (Lipinski definition) is 2. The normalized spacial score (nSPS) is 15.0. The van der Waals surface area contributed by atoms with Crippen molar-refractivity contribution < 1.29 is 5.11 Å². The third-order valence-electron chi connectivity index (χ3n) is 1.63. The van der Waals surface area contributed by atoms with Crippen LogP contribution in [0, 0.1) is 5.41 Å². The van der Waals surface area contributed by atoms with Crippen molar-refractivity contribution in [2.75, 3.05) is 13.2 Å². The van der Waals surface area contributed by atoms with Crippen LogP contribution in [0.1, 0.15) is 34.1 Å². The maximum absolute atomic E-state index is 8.86. The van der Waals surface area contributed by atoms with Crippen LogP contribution < -0.4 is 5.32 Å². The summed E-state index contributed by atoms with van der Waals surface area (Å²) in [7, 11) is 0. The van der Waals surface area contributed by atoms with Crippen molar-refractivity contribution in [3.63, 3.8) is 0 Å². The van der Waals surface area contributed by atoms with Gasteiger partial charge in [-0.3, -0.25) is 0 Å². The Bertz CT molecular complexity index is 92.2. The van der Waals surface area contributed by atoms with E-state index in [-0.39, 0.29) is 12.6 Å². The van der Waals surface area contributed by atoms with Gasteiger partial charge in [0.15, 0.2) is 0 Å². The first kappa shape index (κ1) is 10.9. The average molecular weight is 159 g/mol. The van der Waals surface area contributed by atoms with Crippen LogP contribution in [0.25, 0.3) is 0 Å². The highest BCUT2D eigenvalue weighted by Crippen LogP contribution is 2.10. The molecule has 0 fully saturated rings. The van der Waals surface area contributed by atoms with E-state index in [1.165, 1.54) is 0 Å². The minimum Gasteiger partial charge on any atom is -0.395 e. The van der Waals surface area contributed by atoms with E-state index in [1.54, 1.807) is 0 Å². The van der Waals surface area contributed by atoms with Crippen molar-refractivity contribution in [2.45, 2.75) is 40.2 Å². The molecule has 0 heterocycles. The summed E-state index contributed by atoms with van der Waals surface area (Å²) in [4.78, 5) is 0. The van der Waals surface area contributed by atoms with E-state index < -0.39 is 0 Å². The molecule has 0 aliphatic heterocycles. The molecule has 2 nitrogen and oxygen atoms in total. The summed E-state index contributed by atoms with van der Waals surface area (Å²) in [6, 6.07) is 0.272. The largest absolute Gasteiger partial charge is 0.395 e. The summed E-state index contributed by atoms with van der Waals surface area (Å²) in [6.07, 6.45) is 0.993. The lowest BCUT2D eigenvalue weighted by Crippen LogP contribution is -2.37. The van der Waals surface area contributed by atoms with Crippen LogP contribution in [0.15, 0.2) is 0 Å². The molecule has 0 amide bonds. The molecule has 1 atom stereocenters. The molecule has 0 radical (unpaired) electrons. The van der Waals surface area contributed by atoms with Crippen LogP contribution in [0.4, 0.5) is 0 Å². The molecule has 0 bridgehead atoms. The lowest BCUT2D eigenvalue weighted by Gasteiger charge is -2.22. The molecule has 11 heavy (non-hydrogen) atoms. The summed E-state index contributed by atoms with van der Waals surface area (Å²) in [6.45, 7) is 9.84. The standard InChI is InChI=1S/C9H21NO/c1-5-8(6-11)10-7-9(2,3)4/h8,10-11H,5-7H2,1-4H3. The topological polar surface area (TPSA) is 32.3 Å². The number of aliphatic hydroxyl groups is 1. The minimum atomic E-state index is 0.243. The van der Waals surface area contributed by atoms with Crippen molar-refractivity contribution >= 4 is 0 Å². The van der Waals surface area contributed by atoms with Gasteiger partial charge in [0.25, 0.3) is 0 Å². The summed E-state index contributed by atoms with van der Waals surface area (Å²) in [5, 5.41) is 12.2. The summed E-state index contributed by atoms with van der Waals surface area (Å²) < 4.78 is 0. The van der Waals surface area contributed by atoms with Gasteiger partial charge in [0.05, 0.1) is 6.61 Å². The summed E-state index contributed by atoms with van der Waals surface area (Å²) >= 11 is 0. The van der Waals surface area contributed by atoms with Gasteiger partial charge in [0.1, 0.15) is 0 Å². The van der Waals surface area contributed by atoms with Gasteiger partial charge in [-0.25, -0.2) is 0 Å². The number of nitrogens with one attached hydrogen (secondary N) is 1. The minimum absolute atomic E-state index is 0.243. The maximum atomic E-state index is 8.86. The van der Waals surface area contributed by atoms with E-state index in [0.717, 1.165) is 13.0 Å². The molecular weight excluding hydrogens is 138 g/mol. The fourth-order valence-electron chi connectivity index (χ4n) is 0.789. The molecule has 68 valence electrons. The molecule has 0 spiro atoms. The van der Waals surface area contributed by atoms with Crippen LogP contribution in [0.2, 0.25) is 0 Å². The predicted molar refractivity (Wildman–Crippen MR) is 48.6 cm³/mol. The van der Waals surface area contributed by atoms with Crippen molar-refractivity contribution in [1.82, 2.24) is 5.32 Å². The molecule has 0 aliphatic carbocycles. The van der Waals surface area contributed by atoms with Crippen LogP contribution in [0.5, 0.6) is 0 Å². The zero-order valence-corrected chi connectivity index (χ0v) is 8.15. The fourth-order valence-corrected chi connectivity index (χ4v) is 0.789. The Morgan fingerprint density at radius 3 is 2.18 bits per heavy atom. The van der Waals surface area contributed by atoms with Gasteiger partial charge in [-0.15, -0.1) is 0 Å². The SMILES string of the molecule is CCC(CO)NCC(C)(C)C. The molecule has 0 aromatic heterocycles. The lowest BCUT2D eigenvalue weighted by molar-refractivity contribution is 0.224. The Kier molecular flexibility index (Phi) is 4.69. The molecule has 0 aromatic rings. The highest BCUT2D eigenvalue weighted by Gasteiger charge is 2.12. The van der Waals surface area contributed by atoms with Crippen LogP contribution >= 0.6 is 0 Å². The smallest absolute Gasteiger partial charge is 0.0584 e. The molecule has 0 saturated carbocycles. The molecule has 1 unspecified atom stereocenters. The van der Waals surface area contributed by atoms with E-state index in [1.807, 2.05) is 0 Å². The first-order valence-electron chi connectivity index (χ1n) is 4.34. The van der Waals surface area contributed by atoms with Crippen molar-refractivity contribution in [2.24, 2.45) is 5.41 Å². The number of hydrogen-bond donors (Lipinski definition) is 2. The Labute approximate surface area is 70.0 Å². The Balaban J connectivity index is 3.51. The van der Waals surface area contributed by atoms with E-state index in [9.17, 15) is 0 Å². The van der Waals surface area contributed by atoms with E-state index >= 15 is 0 Å². The van der Waals surface area contributed by atoms with Gasteiger partial charge >= 0.3 is 0 Å². The molecule has 0 aliphatic rings.